The molecule has 0 saturated heterocycles. The molecule has 1 aromatic rings. The first-order valence-electron chi connectivity index (χ1n) is 6.96. The normalized spacial score (nSPS) is 28.4. The molecule has 0 amide bonds. The van der Waals surface area contributed by atoms with Crippen LogP contribution >= 0.6 is 24.0 Å². The second-order valence-corrected chi connectivity index (χ2v) is 6.90. The van der Waals surface area contributed by atoms with Crippen LogP contribution in [0.2, 0.25) is 0 Å². The predicted octanol–water partition coefficient (Wildman–Crippen LogP) is 3.88. The quantitative estimate of drug-likeness (QED) is 0.652. The van der Waals surface area contributed by atoms with Crippen molar-refractivity contribution in [2.24, 2.45) is 11.8 Å². The number of thiocarbonyl (C=S) groups is 1. The van der Waals surface area contributed by atoms with Gasteiger partial charge >= 0.3 is 0 Å². The van der Waals surface area contributed by atoms with Crippen molar-refractivity contribution in [1.29, 1.82) is 0 Å². The molecule has 2 fully saturated rings. The summed E-state index contributed by atoms with van der Waals surface area (Å²) in [5.74, 6) is 1.80. The van der Waals surface area contributed by atoms with Crippen LogP contribution in [0.5, 0.6) is 0 Å². The Balaban J connectivity index is 1.56. The molecule has 0 spiro atoms. The van der Waals surface area contributed by atoms with Gasteiger partial charge in [-0.15, -0.1) is 11.8 Å². The molecule has 19 heavy (non-hydrogen) atoms. The number of hydrogen-bond donors (Lipinski definition) is 2. The van der Waals surface area contributed by atoms with Crippen molar-refractivity contribution >= 4 is 34.8 Å². The average Bonchev–Trinajstić information content (AvgIpc) is 3.01. The molecule has 0 heterocycles. The highest BCUT2D eigenvalue weighted by Gasteiger charge is 2.39. The van der Waals surface area contributed by atoms with Gasteiger partial charge in [0.1, 0.15) is 0 Å². The number of anilines is 1. The summed E-state index contributed by atoms with van der Waals surface area (Å²) in [6, 6.07) is 8.98. The molecule has 2 N–H and O–H groups in total. The molecule has 4 heteroatoms. The van der Waals surface area contributed by atoms with E-state index in [0.29, 0.717) is 6.04 Å². The molecular weight excluding hydrogens is 272 g/mol. The third-order valence-corrected chi connectivity index (χ3v) is 5.33. The minimum atomic E-state index is 0.600. The van der Waals surface area contributed by atoms with Gasteiger partial charge in [0.25, 0.3) is 0 Å². The molecule has 0 aliphatic heterocycles. The average molecular weight is 292 g/mol. The molecule has 2 aliphatic carbocycles. The van der Waals surface area contributed by atoms with Crippen molar-refractivity contribution in [3.63, 3.8) is 0 Å². The zero-order valence-electron chi connectivity index (χ0n) is 11.2. The molecule has 3 atom stereocenters. The molecule has 2 nitrogen and oxygen atoms in total. The number of fused-ring (bicyclic) bond motifs is 2. The Hall–Kier alpha value is -0.740. The molecule has 2 aliphatic rings. The van der Waals surface area contributed by atoms with Gasteiger partial charge < -0.3 is 10.6 Å². The molecular formula is C15H20N2S2. The van der Waals surface area contributed by atoms with Crippen LogP contribution in [-0.2, 0) is 0 Å². The summed E-state index contributed by atoms with van der Waals surface area (Å²) >= 11 is 7.19. The van der Waals surface area contributed by atoms with Crippen LogP contribution in [-0.4, -0.2) is 17.4 Å². The van der Waals surface area contributed by atoms with E-state index in [1.54, 1.807) is 11.8 Å². The molecule has 0 aromatic heterocycles. The fourth-order valence-electron chi connectivity index (χ4n) is 3.46. The summed E-state index contributed by atoms with van der Waals surface area (Å²) in [5.41, 5.74) is 1.08. The summed E-state index contributed by atoms with van der Waals surface area (Å²) in [6.07, 6.45) is 7.61. The summed E-state index contributed by atoms with van der Waals surface area (Å²) in [6.45, 7) is 0. The minimum absolute atomic E-state index is 0.600. The third kappa shape index (κ3) is 3.06. The summed E-state index contributed by atoms with van der Waals surface area (Å²) in [4.78, 5) is 1.26. The zero-order chi connectivity index (χ0) is 13.2. The van der Waals surface area contributed by atoms with Crippen LogP contribution in [0.25, 0.3) is 0 Å². The number of rotatable bonds is 3. The Kier molecular flexibility index (Phi) is 3.99. The van der Waals surface area contributed by atoms with Crippen molar-refractivity contribution in [3.05, 3.63) is 24.3 Å². The maximum absolute atomic E-state index is 5.44. The Morgan fingerprint density at radius 3 is 2.89 bits per heavy atom. The number of hydrogen-bond acceptors (Lipinski definition) is 2. The first-order chi connectivity index (χ1) is 9.24. The van der Waals surface area contributed by atoms with Gasteiger partial charge in [-0.1, -0.05) is 12.5 Å². The lowest BCUT2D eigenvalue weighted by Gasteiger charge is -2.24. The molecule has 102 valence electrons. The molecule has 2 bridgehead atoms. The summed E-state index contributed by atoms with van der Waals surface area (Å²) in [5, 5.41) is 7.59. The minimum Gasteiger partial charge on any atom is -0.359 e. The first kappa shape index (κ1) is 13.3. The van der Waals surface area contributed by atoms with E-state index in [9.17, 15) is 0 Å². The SMILES string of the molecule is CSc1cccc(NC(=S)N[C@@H]2C[C@@H]3CC[C@@H]2C3)c1. The number of benzene rings is 1. The molecule has 2 saturated carbocycles. The van der Waals surface area contributed by atoms with Gasteiger partial charge in [0.15, 0.2) is 5.11 Å². The molecule has 0 unspecified atom stereocenters. The standard InChI is InChI=1S/C15H20N2S2/c1-19-13-4-2-3-12(9-13)16-15(18)17-14-8-10-5-6-11(14)7-10/h2-4,9-11,14H,5-8H2,1H3,(H2,16,17,18)/t10-,11-,14-/m1/s1. The van der Waals surface area contributed by atoms with Gasteiger partial charge in [-0.05, 0) is 67.8 Å². The molecule has 1 aromatic carbocycles. The van der Waals surface area contributed by atoms with E-state index in [0.717, 1.165) is 22.6 Å². The lowest BCUT2D eigenvalue weighted by Crippen LogP contribution is -2.40. The second-order valence-electron chi connectivity index (χ2n) is 5.61. The van der Waals surface area contributed by atoms with Crippen molar-refractivity contribution in [2.45, 2.75) is 36.6 Å². The highest BCUT2D eigenvalue weighted by Crippen LogP contribution is 2.44. The van der Waals surface area contributed by atoms with Crippen LogP contribution < -0.4 is 10.6 Å². The molecule has 0 radical (unpaired) electrons. The monoisotopic (exact) mass is 292 g/mol. The van der Waals surface area contributed by atoms with Crippen LogP contribution in [0, 0.1) is 11.8 Å². The Bertz CT molecular complexity index is 475. The molecule has 3 rings (SSSR count). The smallest absolute Gasteiger partial charge is 0.171 e. The largest absolute Gasteiger partial charge is 0.359 e. The van der Waals surface area contributed by atoms with E-state index >= 15 is 0 Å². The Morgan fingerprint density at radius 1 is 1.32 bits per heavy atom. The van der Waals surface area contributed by atoms with Crippen molar-refractivity contribution in [1.82, 2.24) is 5.32 Å². The highest BCUT2D eigenvalue weighted by atomic mass is 32.2. The van der Waals surface area contributed by atoms with Gasteiger partial charge in [0, 0.05) is 16.6 Å². The van der Waals surface area contributed by atoms with Gasteiger partial charge in [0.05, 0.1) is 0 Å². The van der Waals surface area contributed by atoms with Crippen molar-refractivity contribution < 1.29 is 0 Å². The first-order valence-corrected chi connectivity index (χ1v) is 8.59. The fourth-order valence-corrected chi connectivity index (χ4v) is 4.19. The Morgan fingerprint density at radius 2 is 2.21 bits per heavy atom. The zero-order valence-corrected chi connectivity index (χ0v) is 12.8. The van der Waals surface area contributed by atoms with Crippen molar-refractivity contribution in [3.8, 4) is 0 Å². The predicted molar refractivity (Wildman–Crippen MR) is 86.8 cm³/mol. The third-order valence-electron chi connectivity index (χ3n) is 4.38. The topological polar surface area (TPSA) is 24.1 Å². The lowest BCUT2D eigenvalue weighted by molar-refractivity contribution is 0.392. The van der Waals surface area contributed by atoms with E-state index < -0.39 is 0 Å². The van der Waals surface area contributed by atoms with E-state index in [1.165, 1.54) is 30.6 Å². The summed E-state index contributed by atoms with van der Waals surface area (Å²) < 4.78 is 0. The van der Waals surface area contributed by atoms with Gasteiger partial charge in [-0.2, -0.15) is 0 Å². The fraction of sp³-hybridized carbons (Fsp3) is 0.533. The second kappa shape index (κ2) is 5.71. The number of thioether (sulfide) groups is 1. The van der Waals surface area contributed by atoms with Crippen LogP contribution in [0.1, 0.15) is 25.7 Å². The number of nitrogens with one attached hydrogen (secondary N) is 2. The van der Waals surface area contributed by atoms with Crippen molar-refractivity contribution in [2.75, 3.05) is 11.6 Å². The van der Waals surface area contributed by atoms with Gasteiger partial charge in [0.2, 0.25) is 0 Å². The van der Waals surface area contributed by atoms with Gasteiger partial charge in [-0.3, -0.25) is 0 Å². The maximum atomic E-state index is 5.44. The highest BCUT2D eigenvalue weighted by molar-refractivity contribution is 7.98. The summed E-state index contributed by atoms with van der Waals surface area (Å²) in [7, 11) is 0. The van der Waals surface area contributed by atoms with E-state index in [1.807, 2.05) is 0 Å². The van der Waals surface area contributed by atoms with E-state index in [4.69, 9.17) is 12.2 Å². The maximum Gasteiger partial charge on any atom is 0.171 e. The van der Waals surface area contributed by atoms with Crippen LogP contribution in [0.4, 0.5) is 5.69 Å². The van der Waals surface area contributed by atoms with E-state index in [-0.39, 0.29) is 0 Å². The van der Waals surface area contributed by atoms with E-state index in [2.05, 4.69) is 41.2 Å². The van der Waals surface area contributed by atoms with Crippen LogP contribution in [0.15, 0.2) is 29.2 Å². The Labute approximate surface area is 124 Å². The van der Waals surface area contributed by atoms with Gasteiger partial charge in [-0.25, -0.2) is 0 Å². The van der Waals surface area contributed by atoms with Crippen LogP contribution in [0.3, 0.4) is 0 Å². The lowest BCUT2D eigenvalue weighted by atomic mass is 9.96.